The molecule has 3 nitrogen and oxygen atoms in total. The van der Waals surface area contributed by atoms with Crippen molar-refractivity contribution in [2.75, 3.05) is 18.8 Å². The molecule has 2 saturated heterocycles. The summed E-state index contributed by atoms with van der Waals surface area (Å²) < 4.78 is 14.4. The van der Waals surface area contributed by atoms with Crippen LogP contribution in [0.2, 0.25) is 5.02 Å². The largest absolute Gasteiger partial charge is 0.323 e. The van der Waals surface area contributed by atoms with E-state index in [1.54, 1.807) is 12.1 Å². The number of benzene rings is 2. The SMILES string of the molecule is O=C1CSC(c2c(F)cccc2Cl)N1C1CCN(Cc2ccccc2)CC1. The van der Waals surface area contributed by atoms with Crippen molar-refractivity contribution in [2.24, 2.45) is 0 Å². The fourth-order valence-corrected chi connectivity index (χ4v) is 5.63. The maximum Gasteiger partial charge on any atom is 0.234 e. The van der Waals surface area contributed by atoms with Gasteiger partial charge in [0, 0.05) is 36.3 Å². The number of hydrogen-bond acceptors (Lipinski definition) is 3. The van der Waals surface area contributed by atoms with Gasteiger partial charge in [0.1, 0.15) is 11.2 Å². The molecular formula is C21H22ClFN2OS. The fourth-order valence-electron chi connectivity index (χ4n) is 4.00. The summed E-state index contributed by atoms with van der Waals surface area (Å²) in [6, 6.07) is 15.3. The third-order valence-electron chi connectivity index (χ3n) is 5.35. The summed E-state index contributed by atoms with van der Waals surface area (Å²) in [5.74, 6) is 0.145. The summed E-state index contributed by atoms with van der Waals surface area (Å²) >= 11 is 7.75. The molecule has 0 aromatic heterocycles. The average Bonchev–Trinajstić information content (AvgIpc) is 3.04. The predicted molar refractivity (Wildman–Crippen MR) is 108 cm³/mol. The van der Waals surface area contributed by atoms with Gasteiger partial charge in [-0.2, -0.15) is 0 Å². The Morgan fingerprint density at radius 2 is 1.81 bits per heavy atom. The van der Waals surface area contributed by atoms with Crippen molar-refractivity contribution < 1.29 is 9.18 Å². The average molecular weight is 405 g/mol. The van der Waals surface area contributed by atoms with Crippen molar-refractivity contribution in [2.45, 2.75) is 30.8 Å². The Hall–Kier alpha value is -1.56. The quantitative estimate of drug-likeness (QED) is 0.736. The van der Waals surface area contributed by atoms with Crippen LogP contribution < -0.4 is 0 Å². The molecule has 1 amide bonds. The highest BCUT2D eigenvalue weighted by Gasteiger charge is 2.40. The van der Waals surface area contributed by atoms with Crippen LogP contribution >= 0.6 is 23.4 Å². The Labute approximate surface area is 168 Å². The lowest BCUT2D eigenvalue weighted by Gasteiger charge is -2.39. The number of carbonyl (C=O) groups excluding carboxylic acids is 1. The lowest BCUT2D eigenvalue weighted by molar-refractivity contribution is -0.131. The zero-order chi connectivity index (χ0) is 18.8. The molecule has 4 rings (SSSR count). The molecule has 2 fully saturated rings. The molecule has 27 heavy (non-hydrogen) atoms. The van der Waals surface area contributed by atoms with Crippen LogP contribution in [0, 0.1) is 5.82 Å². The van der Waals surface area contributed by atoms with Crippen LogP contribution in [0.5, 0.6) is 0 Å². The molecule has 0 saturated carbocycles. The lowest BCUT2D eigenvalue weighted by atomic mass is 10.0. The van der Waals surface area contributed by atoms with E-state index < -0.39 is 0 Å². The molecule has 2 aliphatic rings. The molecule has 0 radical (unpaired) electrons. The van der Waals surface area contributed by atoms with E-state index in [1.807, 2.05) is 11.0 Å². The van der Waals surface area contributed by atoms with Crippen LogP contribution in [0.4, 0.5) is 4.39 Å². The van der Waals surface area contributed by atoms with Crippen LogP contribution in [0.15, 0.2) is 48.5 Å². The van der Waals surface area contributed by atoms with Crippen LogP contribution in [-0.2, 0) is 11.3 Å². The van der Waals surface area contributed by atoms with Crippen LogP contribution in [0.25, 0.3) is 0 Å². The molecule has 1 atom stereocenters. The first-order chi connectivity index (χ1) is 13.1. The van der Waals surface area contributed by atoms with Crippen molar-refractivity contribution in [1.29, 1.82) is 0 Å². The molecule has 2 aromatic rings. The summed E-state index contributed by atoms with van der Waals surface area (Å²) in [7, 11) is 0. The molecule has 2 heterocycles. The van der Waals surface area contributed by atoms with E-state index in [-0.39, 0.29) is 23.1 Å². The molecule has 6 heteroatoms. The summed E-state index contributed by atoms with van der Waals surface area (Å²) in [4.78, 5) is 16.9. The maximum atomic E-state index is 14.4. The minimum absolute atomic E-state index is 0.0887. The van der Waals surface area contributed by atoms with E-state index in [0.717, 1.165) is 32.5 Å². The summed E-state index contributed by atoms with van der Waals surface area (Å²) in [5, 5.41) is 0.0746. The number of carbonyl (C=O) groups is 1. The highest BCUT2D eigenvalue weighted by molar-refractivity contribution is 8.00. The van der Waals surface area contributed by atoms with E-state index in [2.05, 4.69) is 29.2 Å². The van der Waals surface area contributed by atoms with Crippen molar-refractivity contribution in [3.05, 3.63) is 70.5 Å². The zero-order valence-corrected chi connectivity index (χ0v) is 16.6. The first-order valence-electron chi connectivity index (χ1n) is 9.26. The Morgan fingerprint density at radius 1 is 1.07 bits per heavy atom. The minimum Gasteiger partial charge on any atom is -0.323 e. The van der Waals surface area contributed by atoms with Gasteiger partial charge in [-0.15, -0.1) is 11.8 Å². The Balaban J connectivity index is 1.45. The third-order valence-corrected chi connectivity index (χ3v) is 6.87. The number of amides is 1. The number of hydrogen-bond donors (Lipinski definition) is 0. The van der Waals surface area contributed by atoms with Gasteiger partial charge in [0.05, 0.1) is 5.75 Å². The molecule has 2 aliphatic heterocycles. The molecule has 2 aromatic carbocycles. The van der Waals surface area contributed by atoms with Crippen molar-refractivity contribution in [1.82, 2.24) is 9.80 Å². The number of likely N-dealkylation sites (tertiary alicyclic amines) is 1. The first-order valence-corrected chi connectivity index (χ1v) is 10.7. The summed E-state index contributed by atoms with van der Waals surface area (Å²) in [6.45, 7) is 2.80. The maximum absolute atomic E-state index is 14.4. The Kier molecular flexibility index (Phi) is 5.71. The van der Waals surface area contributed by atoms with E-state index in [4.69, 9.17) is 11.6 Å². The van der Waals surface area contributed by atoms with Crippen LogP contribution in [0.3, 0.4) is 0 Å². The summed E-state index contributed by atoms with van der Waals surface area (Å²) in [6.07, 6.45) is 1.81. The van der Waals surface area contributed by atoms with Gasteiger partial charge in [0.25, 0.3) is 0 Å². The molecule has 1 unspecified atom stereocenters. The number of nitrogens with zero attached hydrogens (tertiary/aromatic N) is 2. The van der Waals surface area contributed by atoms with Gasteiger partial charge in [0.2, 0.25) is 5.91 Å². The molecule has 142 valence electrons. The van der Waals surface area contributed by atoms with Crippen molar-refractivity contribution in [3.63, 3.8) is 0 Å². The van der Waals surface area contributed by atoms with Crippen molar-refractivity contribution >= 4 is 29.3 Å². The molecule has 0 spiro atoms. The Morgan fingerprint density at radius 3 is 2.52 bits per heavy atom. The van der Waals surface area contributed by atoms with Crippen LogP contribution in [-0.4, -0.2) is 40.6 Å². The van der Waals surface area contributed by atoms with E-state index in [9.17, 15) is 9.18 Å². The highest BCUT2D eigenvalue weighted by Crippen LogP contribution is 2.45. The molecular weight excluding hydrogens is 383 g/mol. The van der Waals surface area contributed by atoms with Gasteiger partial charge in [-0.25, -0.2) is 4.39 Å². The number of thioether (sulfide) groups is 1. The standard InChI is InChI=1S/C21H22ClFN2OS/c22-17-7-4-8-18(23)20(17)21-25(19(26)14-27-21)16-9-11-24(12-10-16)13-15-5-2-1-3-6-15/h1-8,16,21H,9-14H2. The molecule has 0 aliphatic carbocycles. The predicted octanol–water partition coefficient (Wildman–Crippen LogP) is 4.72. The van der Waals surface area contributed by atoms with Crippen LogP contribution in [0.1, 0.15) is 29.3 Å². The lowest BCUT2D eigenvalue weighted by Crippen LogP contribution is -2.46. The highest BCUT2D eigenvalue weighted by atomic mass is 35.5. The number of halogens is 2. The van der Waals surface area contributed by atoms with E-state index >= 15 is 0 Å². The number of piperidine rings is 1. The second kappa shape index (κ2) is 8.21. The van der Waals surface area contributed by atoms with Gasteiger partial charge in [-0.1, -0.05) is 48.0 Å². The smallest absolute Gasteiger partial charge is 0.234 e. The topological polar surface area (TPSA) is 23.6 Å². The third kappa shape index (κ3) is 4.00. The Bertz CT molecular complexity index is 791. The van der Waals surface area contributed by atoms with E-state index in [0.29, 0.717) is 16.3 Å². The van der Waals surface area contributed by atoms with Gasteiger partial charge in [0.15, 0.2) is 0 Å². The monoisotopic (exact) mass is 404 g/mol. The normalized spacial score (nSPS) is 21.8. The second-order valence-electron chi connectivity index (χ2n) is 7.09. The molecule has 0 N–H and O–H groups in total. The second-order valence-corrected chi connectivity index (χ2v) is 8.57. The first kappa shape index (κ1) is 18.8. The van der Waals surface area contributed by atoms with Crippen molar-refractivity contribution in [3.8, 4) is 0 Å². The summed E-state index contributed by atoms with van der Waals surface area (Å²) in [5.41, 5.74) is 1.75. The fraction of sp³-hybridized carbons (Fsp3) is 0.381. The minimum atomic E-state index is -0.332. The van der Waals surface area contributed by atoms with Gasteiger partial charge < -0.3 is 4.90 Å². The van der Waals surface area contributed by atoms with Gasteiger partial charge in [-0.05, 0) is 30.5 Å². The number of rotatable bonds is 4. The van der Waals surface area contributed by atoms with E-state index in [1.165, 1.54) is 23.4 Å². The van der Waals surface area contributed by atoms with Gasteiger partial charge in [-0.3, -0.25) is 9.69 Å². The zero-order valence-electron chi connectivity index (χ0n) is 15.0. The molecule has 0 bridgehead atoms. The van der Waals surface area contributed by atoms with Gasteiger partial charge >= 0.3 is 0 Å².